The quantitative estimate of drug-likeness (QED) is 0.114. The first-order chi connectivity index (χ1) is 47.7. The summed E-state index contributed by atoms with van der Waals surface area (Å²) >= 11 is 0. The van der Waals surface area contributed by atoms with Crippen LogP contribution in [0.5, 0.6) is 0 Å². The van der Waals surface area contributed by atoms with Gasteiger partial charge in [-0.05, 0) is 125 Å². The Labute approximate surface area is 561 Å². The Balaban J connectivity index is 1.03. The maximum atomic E-state index is 2.64. The predicted octanol–water partition coefficient (Wildman–Crippen LogP) is 24.9. The molecule has 96 heavy (non-hydrogen) atoms. The minimum atomic E-state index is -1.00. The van der Waals surface area contributed by atoms with Crippen LogP contribution in [0.4, 0.5) is 34.1 Å². The molecule has 0 radical (unpaired) electrons. The molecule has 0 fully saturated rings. The number of nitrogens with zero attached hydrogens (tertiary/aromatic N) is 2. The molecule has 450 valence electrons. The van der Waals surface area contributed by atoms with Crippen LogP contribution in [0.3, 0.4) is 0 Å². The van der Waals surface area contributed by atoms with Crippen LogP contribution in [0, 0.1) is 0 Å². The van der Waals surface area contributed by atoms with Gasteiger partial charge in [0.1, 0.15) is 0 Å². The summed E-state index contributed by atoms with van der Waals surface area (Å²) in [6.07, 6.45) is 0. The molecule has 0 N–H and O–H groups in total. The van der Waals surface area contributed by atoms with Gasteiger partial charge in [-0.15, -0.1) is 0 Å². The van der Waals surface area contributed by atoms with Crippen molar-refractivity contribution in [2.45, 2.75) is 10.8 Å². The Kier molecular flexibility index (Phi) is 13.7. The van der Waals surface area contributed by atoms with Crippen LogP contribution in [0.15, 0.2) is 388 Å². The highest BCUT2D eigenvalue weighted by molar-refractivity contribution is 6.16. The van der Waals surface area contributed by atoms with Crippen molar-refractivity contribution in [3.05, 3.63) is 422 Å². The van der Waals surface area contributed by atoms with Gasteiger partial charge in [-0.3, -0.25) is 0 Å². The van der Waals surface area contributed by atoms with E-state index < -0.39 is 10.8 Å². The Hall–Kier alpha value is -12.4. The predicted molar refractivity (Wildman–Crippen MR) is 403 cm³/mol. The molecular weight excluding hydrogens is 1160 g/mol. The topological polar surface area (TPSA) is 6.48 Å². The zero-order valence-electron chi connectivity index (χ0n) is 52.8. The summed E-state index contributed by atoms with van der Waals surface area (Å²) in [5, 5.41) is 4.67. The molecule has 2 unspecified atom stereocenters. The van der Waals surface area contributed by atoms with E-state index in [-0.39, 0.29) is 0 Å². The van der Waals surface area contributed by atoms with Gasteiger partial charge >= 0.3 is 0 Å². The van der Waals surface area contributed by atoms with Gasteiger partial charge in [-0.2, -0.15) is 0 Å². The molecular formula is C94H64N2. The van der Waals surface area contributed by atoms with Crippen molar-refractivity contribution < 1.29 is 0 Å². The summed E-state index contributed by atoms with van der Waals surface area (Å²) in [6.45, 7) is 0. The molecule has 16 aromatic carbocycles. The Morgan fingerprint density at radius 2 is 0.396 bits per heavy atom. The summed E-state index contributed by atoms with van der Waals surface area (Å²) in [6, 6.07) is 145. The van der Waals surface area contributed by atoms with Crippen LogP contribution in [-0.4, -0.2) is 0 Å². The molecule has 0 saturated carbocycles. The summed E-state index contributed by atoms with van der Waals surface area (Å²) in [7, 11) is 0. The van der Waals surface area contributed by atoms with Gasteiger partial charge in [-0.1, -0.05) is 352 Å². The fourth-order valence-electron chi connectivity index (χ4n) is 16.7. The van der Waals surface area contributed by atoms with Crippen molar-refractivity contribution in [1.82, 2.24) is 0 Å². The highest BCUT2D eigenvalue weighted by Gasteiger charge is 2.65. The lowest BCUT2D eigenvalue weighted by Gasteiger charge is -2.51. The number of fused-ring (bicyclic) bond motifs is 10. The van der Waals surface area contributed by atoms with Crippen LogP contribution in [0.25, 0.3) is 88.3 Å². The molecule has 0 amide bonds. The van der Waals surface area contributed by atoms with Gasteiger partial charge in [-0.25, -0.2) is 0 Å². The molecule has 0 heterocycles. The third-order valence-corrected chi connectivity index (χ3v) is 20.4. The standard InChI is InChI=1S/C94H64N2/c1-7-35-65(36-8-1)71-47-25-31-59-85(71)95(86-60-32-26-48-72(86)66-37-9-2-10-38-66)89-63-83-91(77-53-21-19-51-75(77)89)79-55-23-29-57-81(79)93(83,69-43-15-5-16-44-69)94(70-45-17-6-18-46-70)82-58-30-24-56-80(82)92-78-54-22-20-52-76(78)90(64-84(92)94)96(87-61-33-27-49-73(87)67-39-11-3-12-40-67)88-62-34-28-50-74(88)68-41-13-4-14-42-68/h1-64H. The first-order valence-corrected chi connectivity index (χ1v) is 33.3. The van der Waals surface area contributed by atoms with E-state index >= 15 is 0 Å². The fraction of sp³-hybridized carbons (Fsp3) is 0.0213. The number of rotatable bonds is 13. The van der Waals surface area contributed by atoms with E-state index in [4.69, 9.17) is 0 Å². The van der Waals surface area contributed by atoms with Crippen molar-refractivity contribution in [2.24, 2.45) is 0 Å². The maximum absolute atomic E-state index is 2.64. The van der Waals surface area contributed by atoms with E-state index in [1.165, 1.54) is 66.4 Å². The van der Waals surface area contributed by atoms with Gasteiger partial charge in [0.25, 0.3) is 0 Å². The zero-order valence-corrected chi connectivity index (χ0v) is 52.8. The second kappa shape index (κ2) is 23.3. The smallest absolute Gasteiger partial charge is 0.0642 e. The van der Waals surface area contributed by atoms with Gasteiger partial charge in [0.05, 0.1) is 45.0 Å². The van der Waals surface area contributed by atoms with Crippen molar-refractivity contribution in [3.8, 4) is 66.8 Å². The SMILES string of the molecule is c1ccc(-c2ccccc2N(c2ccccc2-c2ccccc2)c2cc3c(c4ccccc24)-c2ccccc2C3(c2ccccc2)C2(c3ccccc3)c3ccccc3-c3c2cc(N(c2ccccc2-c2ccccc2)c2ccccc2-c2ccccc2)c2ccccc32)cc1. The van der Waals surface area contributed by atoms with E-state index in [9.17, 15) is 0 Å². The third-order valence-electron chi connectivity index (χ3n) is 20.4. The normalized spacial score (nSPS) is 15.0. The largest absolute Gasteiger partial charge is 0.309 e. The van der Waals surface area contributed by atoms with Crippen LogP contribution < -0.4 is 9.80 Å². The second-order valence-corrected chi connectivity index (χ2v) is 25.3. The van der Waals surface area contributed by atoms with Gasteiger partial charge in [0, 0.05) is 33.0 Å². The first kappa shape index (κ1) is 56.4. The molecule has 18 rings (SSSR count). The van der Waals surface area contributed by atoms with E-state index in [1.807, 2.05) is 0 Å². The molecule has 2 heteroatoms. The number of benzene rings is 16. The van der Waals surface area contributed by atoms with E-state index in [2.05, 4.69) is 398 Å². The number of hydrogen-bond donors (Lipinski definition) is 0. The lowest BCUT2D eigenvalue weighted by Crippen LogP contribution is -2.50. The third kappa shape index (κ3) is 8.59. The van der Waals surface area contributed by atoms with Crippen LogP contribution in [0.1, 0.15) is 33.4 Å². The van der Waals surface area contributed by atoms with Crippen molar-refractivity contribution in [1.29, 1.82) is 0 Å². The summed E-state index contributed by atoms with van der Waals surface area (Å²) in [5.74, 6) is 0. The fourth-order valence-corrected chi connectivity index (χ4v) is 16.7. The molecule has 0 spiro atoms. The maximum Gasteiger partial charge on any atom is 0.0642 e. The number of para-hydroxylation sites is 4. The minimum absolute atomic E-state index is 1.00. The molecule has 2 aliphatic carbocycles. The van der Waals surface area contributed by atoms with E-state index in [1.54, 1.807) is 0 Å². The molecule has 0 bridgehead atoms. The van der Waals surface area contributed by atoms with Crippen LogP contribution in [0.2, 0.25) is 0 Å². The summed E-state index contributed by atoms with van der Waals surface area (Å²) < 4.78 is 0. The Bertz CT molecular complexity index is 5080. The molecule has 0 aliphatic heterocycles. The minimum Gasteiger partial charge on any atom is -0.309 e. The monoisotopic (exact) mass is 1220 g/mol. The number of hydrogen-bond acceptors (Lipinski definition) is 2. The first-order valence-electron chi connectivity index (χ1n) is 33.3. The van der Waals surface area contributed by atoms with Gasteiger partial charge in [0.2, 0.25) is 0 Å². The van der Waals surface area contributed by atoms with Crippen molar-refractivity contribution in [2.75, 3.05) is 9.80 Å². The second-order valence-electron chi connectivity index (χ2n) is 25.3. The number of anilines is 6. The molecule has 2 nitrogen and oxygen atoms in total. The Morgan fingerprint density at radius 1 is 0.167 bits per heavy atom. The van der Waals surface area contributed by atoms with E-state index in [0.29, 0.717) is 0 Å². The molecule has 2 aliphatic rings. The zero-order chi connectivity index (χ0) is 63.6. The lowest BCUT2D eigenvalue weighted by atomic mass is 9.49. The average Bonchev–Trinajstić information content (AvgIpc) is 1.46. The van der Waals surface area contributed by atoms with Crippen molar-refractivity contribution >= 4 is 55.7 Å². The highest BCUT2D eigenvalue weighted by atomic mass is 15.2. The van der Waals surface area contributed by atoms with Gasteiger partial charge in [0.15, 0.2) is 0 Å². The summed E-state index contributed by atoms with van der Waals surface area (Å²) in [5.41, 5.74) is 25.8. The van der Waals surface area contributed by atoms with Crippen LogP contribution in [-0.2, 0) is 10.8 Å². The average molecular weight is 1220 g/mol. The highest BCUT2D eigenvalue weighted by Crippen LogP contribution is 2.72. The Morgan fingerprint density at radius 3 is 0.698 bits per heavy atom. The van der Waals surface area contributed by atoms with Gasteiger partial charge < -0.3 is 9.80 Å². The van der Waals surface area contributed by atoms with Crippen LogP contribution >= 0.6 is 0 Å². The molecule has 0 saturated heterocycles. The molecule has 0 aromatic heterocycles. The molecule has 16 aromatic rings. The van der Waals surface area contributed by atoms with E-state index in [0.717, 1.165) is 89.4 Å². The molecule has 2 atom stereocenters. The lowest BCUT2D eigenvalue weighted by molar-refractivity contribution is 0.438. The summed E-state index contributed by atoms with van der Waals surface area (Å²) in [4.78, 5) is 5.19. The van der Waals surface area contributed by atoms with Crippen molar-refractivity contribution in [3.63, 3.8) is 0 Å².